The highest BCUT2D eigenvalue weighted by molar-refractivity contribution is 5.94. The molecule has 5 nitrogen and oxygen atoms in total. The number of aromatic nitrogens is 2. The summed E-state index contributed by atoms with van der Waals surface area (Å²) in [5.41, 5.74) is 1.93. The lowest BCUT2D eigenvalue weighted by atomic mass is 10.1. The number of aryl methyl sites for hydroxylation is 1. The molecule has 0 aliphatic carbocycles. The molecule has 3 rings (SSSR count). The number of carbonyl (C=O) groups is 1. The van der Waals surface area contributed by atoms with E-state index in [1.807, 2.05) is 13.8 Å². The maximum Gasteiger partial charge on any atom is 0.257 e. The molecule has 1 aliphatic rings. The number of nitrogens with zero attached hydrogens (tertiary/aromatic N) is 3. The van der Waals surface area contributed by atoms with Crippen LogP contribution in [0.1, 0.15) is 42.0 Å². The molecule has 1 aromatic carbocycles. The van der Waals surface area contributed by atoms with Gasteiger partial charge in [-0.15, -0.1) is 0 Å². The van der Waals surface area contributed by atoms with Gasteiger partial charge in [-0.1, -0.05) is 12.1 Å². The number of ether oxygens (including phenoxy) is 1. The fourth-order valence-corrected chi connectivity index (χ4v) is 2.86. The summed E-state index contributed by atoms with van der Waals surface area (Å²) in [6, 6.07) is 6.12. The Kier molecular flexibility index (Phi) is 4.94. The van der Waals surface area contributed by atoms with Gasteiger partial charge in [0.15, 0.2) is 0 Å². The molecule has 0 N–H and O–H groups in total. The van der Waals surface area contributed by atoms with Crippen molar-refractivity contribution in [3.8, 4) is 0 Å². The largest absolute Gasteiger partial charge is 0.372 e. The smallest absolute Gasteiger partial charge is 0.257 e. The molecule has 0 saturated carbocycles. The molecule has 0 unspecified atom stereocenters. The predicted octanol–water partition coefficient (Wildman–Crippen LogP) is 2.99. The summed E-state index contributed by atoms with van der Waals surface area (Å²) in [5, 5.41) is 0. The van der Waals surface area contributed by atoms with Gasteiger partial charge in [0.1, 0.15) is 5.82 Å². The maximum atomic E-state index is 13.9. The predicted molar refractivity (Wildman–Crippen MR) is 87.9 cm³/mol. The summed E-state index contributed by atoms with van der Waals surface area (Å²) in [6.07, 6.45) is 2.73. The molecule has 0 saturated heterocycles. The summed E-state index contributed by atoms with van der Waals surface area (Å²) in [6.45, 7) is 6.18. The average Bonchev–Trinajstić information content (AvgIpc) is 2.81. The quantitative estimate of drug-likeness (QED) is 0.865. The van der Waals surface area contributed by atoms with E-state index in [9.17, 15) is 9.18 Å². The van der Waals surface area contributed by atoms with Crippen LogP contribution in [0, 0.1) is 5.82 Å². The van der Waals surface area contributed by atoms with E-state index in [0.717, 1.165) is 24.4 Å². The zero-order valence-corrected chi connectivity index (χ0v) is 14.0. The Labute approximate surface area is 141 Å². The normalized spacial score (nSPS) is 14.6. The second-order valence-corrected chi connectivity index (χ2v) is 6.25. The number of carbonyl (C=O) groups excluding carboxylic acids is 1. The van der Waals surface area contributed by atoms with Crippen LogP contribution in [0.15, 0.2) is 30.6 Å². The number of halogens is 1. The second-order valence-electron chi connectivity index (χ2n) is 6.25. The molecule has 0 atom stereocenters. The first-order chi connectivity index (χ1) is 11.6. The summed E-state index contributed by atoms with van der Waals surface area (Å²) in [7, 11) is 0. The zero-order valence-electron chi connectivity index (χ0n) is 14.0. The first-order valence-electron chi connectivity index (χ1n) is 8.24. The molecule has 1 aliphatic heterocycles. The van der Waals surface area contributed by atoms with E-state index in [4.69, 9.17) is 4.74 Å². The van der Waals surface area contributed by atoms with Gasteiger partial charge in [0.05, 0.1) is 42.5 Å². The SMILES string of the molecule is CC(C)OCc1ncn2c1CN(C(=O)c1ccccc1F)CCC2. The average molecular weight is 331 g/mol. The van der Waals surface area contributed by atoms with Crippen molar-refractivity contribution in [2.75, 3.05) is 6.54 Å². The van der Waals surface area contributed by atoms with Gasteiger partial charge in [-0.2, -0.15) is 0 Å². The topological polar surface area (TPSA) is 47.4 Å². The molecule has 128 valence electrons. The summed E-state index contributed by atoms with van der Waals surface area (Å²) < 4.78 is 21.7. The van der Waals surface area contributed by atoms with Gasteiger partial charge >= 0.3 is 0 Å². The third kappa shape index (κ3) is 3.48. The molecule has 0 fully saturated rings. The number of fused-ring (bicyclic) bond motifs is 1. The Morgan fingerprint density at radius 1 is 1.33 bits per heavy atom. The van der Waals surface area contributed by atoms with E-state index < -0.39 is 5.82 Å². The Morgan fingerprint density at radius 2 is 2.12 bits per heavy atom. The first kappa shape index (κ1) is 16.6. The molecule has 1 aromatic heterocycles. The third-order valence-corrected chi connectivity index (χ3v) is 4.15. The second kappa shape index (κ2) is 7.13. The Morgan fingerprint density at radius 3 is 2.88 bits per heavy atom. The van der Waals surface area contributed by atoms with Crippen LogP contribution in [0.5, 0.6) is 0 Å². The molecular formula is C18H22FN3O2. The highest BCUT2D eigenvalue weighted by Gasteiger charge is 2.24. The number of benzene rings is 1. The van der Waals surface area contributed by atoms with E-state index in [-0.39, 0.29) is 17.6 Å². The van der Waals surface area contributed by atoms with Crippen molar-refractivity contribution in [2.45, 2.75) is 46.1 Å². The number of hydrogen-bond donors (Lipinski definition) is 0. The van der Waals surface area contributed by atoms with Gasteiger partial charge in [0.25, 0.3) is 5.91 Å². The number of imidazole rings is 1. The van der Waals surface area contributed by atoms with Crippen LogP contribution in [-0.4, -0.2) is 33.0 Å². The number of rotatable bonds is 4. The highest BCUT2D eigenvalue weighted by atomic mass is 19.1. The summed E-state index contributed by atoms with van der Waals surface area (Å²) in [5.74, 6) is -0.762. The van der Waals surface area contributed by atoms with Crippen molar-refractivity contribution in [1.82, 2.24) is 14.5 Å². The molecule has 24 heavy (non-hydrogen) atoms. The van der Waals surface area contributed by atoms with E-state index in [1.165, 1.54) is 12.1 Å². The van der Waals surface area contributed by atoms with Crippen LogP contribution in [0.4, 0.5) is 4.39 Å². The lowest BCUT2D eigenvalue weighted by molar-refractivity contribution is 0.0619. The molecule has 2 heterocycles. The van der Waals surface area contributed by atoms with E-state index in [1.54, 1.807) is 23.4 Å². The van der Waals surface area contributed by atoms with Crippen molar-refractivity contribution < 1.29 is 13.9 Å². The van der Waals surface area contributed by atoms with Crippen molar-refractivity contribution >= 4 is 5.91 Å². The van der Waals surface area contributed by atoms with Crippen LogP contribution in [0.25, 0.3) is 0 Å². The lowest BCUT2D eigenvalue weighted by Gasteiger charge is -2.21. The van der Waals surface area contributed by atoms with Gasteiger partial charge in [-0.05, 0) is 32.4 Å². The van der Waals surface area contributed by atoms with Crippen LogP contribution < -0.4 is 0 Å². The van der Waals surface area contributed by atoms with Crippen molar-refractivity contribution in [3.05, 3.63) is 53.4 Å². The number of amides is 1. The fourth-order valence-electron chi connectivity index (χ4n) is 2.86. The molecule has 2 aromatic rings. The van der Waals surface area contributed by atoms with Gasteiger partial charge in [0, 0.05) is 13.1 Å². The van der Waals surface area contributed by atoms with Crippen LogP contribution in [0.3, 0.4) is 0 Å². The van der Waals surface area contributed by atoms with Crippen LogP contribution in [0.2, 0.25) is 0 Å². The minimum Gasteiger partial charge on any atom is -0.372 e. The molecule has 1 amide bonds. The molecular weight excluding hydrogens is 309 g/mol. The Bertz CT molecular complexity index is 727. The minimum absolute atomic E-state index is 0.115. The third-order valence-electron chi connectivity index (χ3n) is 4.15. The lowest BCUT2D eigenvalue weighted by Crippen LogP contribution is -2.31. The molecule has 0 spiro atoms. The highest BCUT2D eigenvalue weighted by Crippen LogP contribution is 2.20. The summed E-state index contributed by atoms with van der Waals surface area (Å²) in [4.78, 5) is 18.8. The van der Waals surface area contributed by atoms with Crippen molar-refractivity contribution in [2.24, 2.45) is 0 Å². The fraction of sp³-hybridized carbons (Fsp3) is 0.444. The zero-order chi connectivity index (χ0) is 17.1. The van der Waals surface area contributed by atoms with Crippen LogP contribution >= 0.6 is 0 Å². The Hall–Kier alpha value is -2.21. The monoisotopic (exact) mass is 331 g/mol. The van der Waals surface area contributed by atoms with E-state index >= 15 is 0 Å². The van der Waals surface area contributed by atoms with Gasteiger partial charge < -0.3 is 14.2 Å². The molecule has 6 heteroatoms. The van der Waals surface area contributed by atoms with Crippen molar-refractivity contribution in [1.29, 1.82) is 0 Å². The van der Waals surface area contributed by atoms with Gasteiger partial charge in [0.2, 0.25) is 0 Å². The standard InChI is InChI=1S/C18H22FN3O2/c1-13(2)24-11-16-17-10-21(8-5-9-22(17)12-20-16)18(23)14-6-3-4-7-15(14)19/h3-4,6-7,12-13H,5,8-11H2,1-2H3. The Balaban J connectivity index is 1.82. The summed E-state index contributed by atoms with van der Waals surface area (Å²) >= 11 is 0. The van der Waals surface area contributed by atoms with Crippen molar-refractivity contribution in [3.63, 3.8) is 0 Å². The molecule has 0 radical (unpaired) electrons. The van der Waals surface area contributed by atoms with Gasteiger partial charge in [-0.25, -0.2) is 9.37 Å². The van der Waals surface area contributed by atoms with E-state index in [2.05, 4.69) is 9.55 Å². The molecule has 0 bridgehead atoms. The minimum atomic E-state index is -0.483. The van der Waals surface area contributed by atoms with Gasteiger partial charge in [-0.3, -0.25) is 4.79 Å². The first-order valence-corrected chi connectivity index (χ1v) is 8.24. The van der Waals surface area contributed by atoms with E-state index in [0.29, 0.717) is 19.7 Å². The number of hydrogen-bond acceptors (Lipinski definition) is 3. The maximum absolute atomic E-state index is 13.9. The van der Waals surface area contributed by atoms with Crippen LogP contribution in [-0.2, 0) is 24.4 Å².